The number of carbonyl (C=O) groups is 1. The monoisotopic (exact) mass is 618 g/mol. The number of nitrogens with one attached hydrogen (secondary N) is 1. The molecule has 3 fully saturated rings. The van der Waals surface area contributed by atoms with Crippen LogP contribution in [0.1, 0.15) is 45.3 Å². The zero-order valence-electron chi connectivity index (χ0n) is 23.8. The topological polar surface area (TPSA) is 191 Å². The largest absolute Gasteiger partial charge is 0.479 e. The summed E-state index contributed by atoms with van der Waals surface area (Å²) in [6.07, 6.45) is 2.31. The molecule has 3 aliphatic rings. The minimum Gasteiger partial charge on any atom is -0.479 e. The van der Waals surface area contributed by atoms with Crippen molar-refractivity contribution in [1.82, 2.24) is 24.6 Å². The molecule has 3 unspecified atom stereocenters. The molecule has 232 valence electrons. The summed E-state index contributed by atoms with van der Waals surface area (Å²) in [7, 11) is -2.76. The van der Waals surface area contributed by atoms with Gasteiger partial charge in [-0.15, -0.1) is 0 Å². The molecule has 1 spiro atoms. The third-order valence-corrected chi connectivity index (χ3v) is 9.60. The van der Waals surface area contributed by atoms with Crippen molar-refractivity contribution in [1.29, 1.82) is 0 Å². The van der Waals surface area contributed by atoms with Crippen LogP contribution in [0.2, 0.25) is 0 Å². The Kier molecular flexibility index (Phi) is 8.28. The van der Waals surface area contributed by atoms with Crippen LogP contribution in [0.3, 0.4) is 0 Å². The molecule has 43 heavy (non-hydrogen) atoms. The summed E-state index contributed by atoms with van der Waals surface area (Å²) >= 11 is 0. The van der Waals surface area contributed by atoms with Gasteiger partial charge in [0.25, 0.3) is 0 Å². The minimum atomic E-state index is -4.20. The molecule has 16 heteroatoms. The van der Waals surface area contributed by atoms with E-state index >= 15 is 0 Å². The van der Waals surface area contributed by atoms with Gasteiger partial charge >= 0.3 is 13.7 Å². The number of carbonyl (C=O) groups excluding carboxylic acids is 1. The van der Waals surface area contributed by atoms with E-state index in [9.17, 15) is 14.5 Å². The van der Waals surface area contributed by atoms with Gasteiger partial charge in [0.05, 0.1) is 26.7 Å². The van der Waals surface area contributed by atoms with E-state index in [4.69, 9.17) is 33.7 Å². The van der Waals surface area contributed by atoms with Crippen LogP contribution < -0.4 is 20.1 Å². The van der Waals surface area contributed by atoms with Gasteiger partial charge < -0.3 is 34.3 Å². The molecule has 0 radical (unpaired) electrons. The molecule has 4 heterocycles. The highest BCUT2D eigenvalue weighted by Crippen LogP contribution is 2.51. The number of hydrogen-bond donors (Lipinski definition) is 3. The van der Waals surface area contributed by atoms with Crippen LogP contribution in [-0.4, -0.2) is 80.9 Å². The van der Waals surface area contributed by atoms with Crippen molar-refractivity contribution in [2.75, 3.05) is 26.1 Å². The number of aromatic nitrogens is 4. The molecular weight excluding hydrogens is 583 g/mol. The fourth-order valence-corrected chi connectivity index (χ4v) is 7.18. The van der Waals surface area contributed by atoms with Crippen LogP contribution in [0.5, 0.6) is 11.6 Å². The smallest absolute Gasteiger partial charge is 0.459 e. The van der Waals surface area contributed by atoms with Crippen LogP contribution in [0.15, 0.2) is 36.7 Å². The number of rotatable bonds is 11. The number of ether oxygens (including phenoxy) is 4. The van der Waals surface area contributed by atoms with E-state index in [-0.39, 0.29) is 30.3 Å². The highest BCUT2D eigenvalue weighted by atomic mass is 31.2. The molecule has 0 amide bonds. The lowest BCUT2D eigenvalue weighted by Crippen LogP contribution is -2.56. The standard InChI is InChI=1S/C27H35N6O9P/c1-16(24(35)40-17-8-6-7-9-17)32-43(36,42-18-10-4-3-5-11-18)39-14-19-21(34)27(12-13-38-27)25(41-19)33-15-29-20-22(33)30-26(28)31-23(20)37-2/h3-5,10-11,15-17,19,21,25,34H,6-9,12-14H2,1-2H3,(H,32,36)(H2,28,30,31)/t16-,19?,21+,25?,27+,43?/m0/s1. The fourth-order valence-electron chi connectivity index (χ4n) is 5.68. The summed E-state index contributed by atoms with van der Waals surface area (Å²) in [5.74, 6) is -0.141. The number of anilines is 1. The van der Waals surface area contributed by atoms with E-state index in [1.807, 2.05) is 0 Å². The molecule has 1 aliphatic carbocycles. The van der Waals surface area contributed by atoms with Gasteiger partial charge in [-0.3, -0.25) is 13.9 Å². The normalized spacial score (nSPS) is 27.6. The molecule has 1 saturated carbocycles. The van der Waals surface area contributed by atoms with E-state index in [1.54, 1.807) is 34.9 Å². The second-order valence-electron chi connectivity index (χ2n) is 10.8. The first-order valence-electron chi connectivity index (χ1n) is 14.2. The maximum absolute atomic E-state index is 14.0. The molecule has 2 saturated heterocycles. The van der Waals surface area contributed by atoms with Crippen LogP contribution >= 0.6 is 7.75 Å². The average Bonchev–Trinajstić information content (AvgIpc) is 3.69. The first-order valence-corrected chi connectivity index (χ1v) is 15.7. The summed E-state index contributed by atoms with van der Waals surface area (Å²) in [5, 5.41) is 14.1. The Morgan fingerprint density at radius 3 is 2.70 bits per heavy atom. The Balaban J connectivity index is 1.21. The van der Waals surface area contributed by atoms with Crippen molar-refractivity contribution in [2.24, 2.45) is 0 Å². The molecule has 4 N–H and O–H groups in total. The number of imidazole rings is 1. The van der Waals surface area contributed by atoms with Gasteiger partial charge in [0.2, 0.25) is 11.8 Å². The van der Waals surface area contributed by atoms with E-state index < -0.39 is 43.8 Å². The van der Waals surface area contributed by atoms with E-state index in [0.717, 1.165) is 25.7 Å². The Hall–Kier alpha value is -3.33. The lowest BCUT2D eigenvalue weighted by atomic mass is 9.86. The van der Waals surface area contributed by atoms with E-state index in [2.05, 4.69) is 20.0 Å². The third-order valence-electron chi connectivity index (χ3n) is 7.96. The number of para-hydroxylation sites is 1. The van der Waals surface area contributed by atoms with Gasteiger partial charge in [-0.1, -0.05) is 18.2 Å². The van der Waals surface area contributed by atoms with Crippen LogP contribution in [-0.2, 0) is 28.1 Å². The van der Waals surface area contributed by atoms with Gasteiger partial charge in [0, 0.05) is 6.42 Å². The average molecular weight is 619 g/mol. The Bertz CT molecular complexity index is 1500. The highest BCUT2D eigenvalue weighted by molar-refractivity contribution is 7.52. The molecule has 2 aromatic heterocycles. The van der Waals surface area contributed by atoms with Crippen molar-refractivity contribution in [3.05, 3.63) is 36.7 Å². The van der Waals surface area contributed by atoms with Crippen molar-refractivity contribution in [2.45, 2.75) is 75.2 Å². The third kappa shape index (κ3) is 5.80. The number of nitrogens with two attached hydrogens (primary N) is 1. The molecular formula is C27H35N6O9P. The lowest BCUT2D eigenvalue weighted by molar-refractivity contribution is -0.225. The number of hydrogen-bond acceptors (Lipinski definition) is 13. The summed E-state index contributed by atoms with van der Waals surface area (Å²) in [4.78, 5) is 25.5. The molecule has 15 nitrogen and oxygen atoms in total. The van der Waals surface area contributed by atoms with Gasteiger partial charge in [-0.25, -0.2) is 9.55 Å². The number of aliphatic hydroxyl groups is 1. The number of fused-ring (bicyclic) bond motifs is 1. The van der Waals surface area contributed by atoms with Crippen LogP contribution in [0, 0.1) is 0 Å². The van der Waals surface area contributed by atoms with Crippen LogP contribution in [0.25, 0.3) is 11.2 Å². The number of methoxy groups -OCH3 is 1. The number of nitrogens with zero attached hydrogens (tertiary/aromatic N) is 4. The summed E-state index contributed by atoms with van der Waals surface area (Å²) in [6, 6.07) is 7.42. The van der Waals surface area contributed by atoms with E-state index in [1.165, 1.54) is 20.4 Å². The van der Waals surface area contributed by atoms with Crippen molar-refractivity contribution < 1.29 is 42.5 Å². The van der Waals surface area contributed by atoms with Gasteiger partial charge in [-0.05, 0) is 44.7 Å². The zero-order valence-corrected chi connectivity index (χ0v) is 24.7. The molecule has 6 atom stereocenters. The summed E-state index contributed by atoms with van der Waals surface area (Å²) in [5.41, 5.74) is 5.42. The predicted molar refractivity (Wildman–Crippen MR) is 151 cm³/mol. The first kappa shape index (κ1) is 29.7. The Labute approximate surface area is 247 Å². The van der Waals surface area contributed by atoms with Crippen LogP contribution in [0.4, 0.5) is 5.95 Å². The number of esters is 1. The van der Waals surface area contributed by atoms with E-state index in [0.29, 0.717) is 24.2 Å². The van der Waals surface area contributed by atoms with Crippen molar-refractivity contribution >= 4 is 30.8 Å². The number of nitrogen functional groups attached to an aromatic ring is 1. The second-order valence-corrected chi connectivity index (χ2v) is 12.5. The van der Waals surface area contributed by atoms with Gasteiger partial charge in [-0.2, -0.15) is 15.1 Å². The predicted octanol–water partition coefficient (Wildman–Crippen LogP) is 2.50. The zero-order chi connectivity index (χ0) is 30.2. The summed E-state index contributed by atoms with van der Waals surface area (Å²) < 4.78 is 50.3. The number of benzene rings is 1. The minimum absolute atomic E-state index is 0.0289. The Morgan fingerprint density at radius 2 is 2.02 bits per heavy atom. The van der Waals surface area contributed by atoms with Crippen molar-refractivity contribution in [3.8, 4) is 11.6 Å². The lowest BCUT2D eigenvalue weighted by Gasteiger charge is -2.44. The maximum Gasteiger partial charge on any atom is 0.459 e. The molecule has 0 bridgehead atoms. The first-order chi connectivity index (χ1) is 20.7. The molecule has 2 aliphatic heterocycles. The quantitative estimate of drug-likeness (QED) is 0.210. The molecule has 3 aromatic rings. The summed E-state index contributed by atoms with van der Waals surface area (Å²) in [6.45, 7) is 1.56. The molecule has 6 rings (SSSR count). The second kappa shape index (κ2) is 12.0. The molecule has 1 aromatic carbocycles. The number of aliphatic hydroxyl groups excluding tert-OH is 1. The maximum atomic E-state index is 14.0. The SMILES string of the molecule is COc1nc(N)nc2c1ncn2C1OC(COP(=O)(N[C@@H](C)C(=O)OC2CCCC2)Oc2ccccc2)[C@@H](O)[C@]12CCO2. The fraction of sp³-hybridized carbons (Fsp3) is 0.556. The van der Waals surface area contributed by atoms with Gasteiger partial charge in [0.15, 0.2) is 17.4 Å². The highest BCUT2D eigenvalue weighted by Gasteiger charge is 2.62. The Morgan fingerprint density at radius 1 is 1.28 bits per heavy atom. The van der Waals surface area contributed by atoms with Crippen molar-refractivity contribution in [3.63, 3.8) is 0 Å². The van der Waals surface area contributed by atoms with Gasteiger partial charge in [0.1, 0.15) is 35.7 Å².